The van der Waals surface area contributed by atoms with Crippen molar-refractivity contribution in [1.82, 2.24) is 24.3 Å². The number of hydrogen-bond acceptors (Lipinski definition) is 4. The second-order valence-corrected chi connectivity index (χ2v) is 7.08. The predicted octanol–water partition coefficient (Wildman–Crippen LogP) is 4.68. The third-order valence-corrected chi connectivity index (χ3v) is 4.46. The van der Waals surface area contributed by atoms with Gasteiger partial charge >= 0.3 is 6.18 Å². The van der Waals surface area contributed by atoms with Crippen molar-refractivity contribution in [1.29, 1.82) is 0 Å². The van der Waals surface area contributed by atoms with Crippen molar-refractivity contribution >= 4 is 5.65 Å². The summed E-state index contributed by atoms with van der Waals surface area (Å²) in [7, 11) is 3.87. The largest absolute Gasteiger partial charge is 0.451 e. The minimum absolute atomic E-state index is 0.0736. The molecule has 4 aromatic rings. The molecule has 0 saturated carbocycles. The molecule has 0 spiro atoms. The van der Waals surface area contributed by atoms with Gasteiger partial charge in [-0.2, -0.15) is 13.2 Å². The van der Waals surface area contributed by atoms with Crippen LogP contribution in [0.5, 0.6) is 0 Å². The molecule has 30 heavy (non-hydrogen) atoms. The van der Waals surface area contributed by atoms with Gasteiger partial charge in [0.05, 0.1) is 17.1 Å². The number of hydrogen-bond donors (Lipinski definition) is 0. The van der Waals surface area contributed by atoms with Gasteiger partial charge < -0.3 is 4.90 Å². The number of nitrogens with zero attached hydrogens (tertiary/aromatic N) is 5. The first-order valence-corrected chi connectivity index (χ1v) is 9.04. The normalized spacial score (nSPS) is 12.1. The van der Waals surface area contributed by atoms with Crippen molar-refractivity contribution in [3.8, 4) is 22.6 Å². The van der Waals surface area contributed by atoms with Crippen molar-refractivity contribution < 1.29 is 17.6 Å². The van der Waals surface area contributed by atoms with E-state index in [9.17, 15) is 17.6 Å². The topological polar surface area (TPSA) is 46.3 Å². The van der Waals surface area contributed by atoms with E-state index in [1.165, 1.54) is 30.3 Å². The summed E-state index contributed by atoms with van der Waals surface area (Å²) in [5, 5.41) is 0. The van der Waals surface area contributed by atoms with Crippen molar-refractivity contribution in [3.63, 3.8) is 0 Å². The zero-order valence-corrected chi connectivity index (χ0v) is 16.2. The highest BCUT2D eigenvalue weighted by atomic mass is 19.4. The van der Waals surface area contributed by atoms with E-state index in [1.54, 1.807) is 10.6 Å². The van der Waals surface area contributed by atoms with Gasteiger partial charge in [-0.25, -0.2) is 19.3 Å². The smallest absolute Gasteiger partial charge is 0.305 e. The molecule has 0 radical (unpaired) electrons. The Morgan fingerprint density at radius 3 is 2.40 bits per heavy atom. The summed E-state index contributed by atoms with van der Waals surface area (Å²) >= 11 is 0. The second-order valence-electron chi connectivity index (χ2n) is 7.08. The average Bonchev–Trinajstić information content (AvgIpc) is 3.06. The third kappa shape index (κ3) is 3.88. The van der Waals surface area contributed by atoms with Crippen LogP contribution >= 0.6 is 0 Å². The highest BCUT2D eigenvalue weighted by Gasteiger charge is 2.35. The van der Waals surface area contributed by atoms with Crippen molar-refractivity contribution in [3.05, 3.63) is 72.1 Å². The molecule has 1 aromatic carbocycles. The second kappa shape index (κ2) is 7.49. The van der Waals surface area contributed by atoms with Crippen LogP contribution in [-0.2, 0) is 12.7 Å². The van der Waals surface area contributed by atoms with Gasteiger partial charge in [0.1, 0.15) is 11.5 Å². The number of fused-ring (bicyclic) bond motifs is 1. The molecule has 0 aliphatic heterocycles. The van der Waals surface area contributed by atoms with Gasteiger partial charge in [-0.3, -0.25) is 4.40 Å². The lowest BCUT2D eigenvalue weighted by molar-refractivity contribution is -0.144. The minimum atomic E-state index is -4.68. The van der Waals surface area contributed by atoms with Crippen molar-refractivity contribution in [2.45, 2.75) is 12.7 Å². The van der Waals surface area contributed by atoms with E-state index in [-0.39, 0.29) is 5.69 Å². The zero-order chi connectivity index (χ0) is 21.5. The van der Waals surface area contributed by atoms with Crippen LogP contribution in [0.3, 0.4) is 0 Å². The molecule has 3 aromatic heterocycles. The maximum absolute atomic E-state index is 13.4. The Morgan fingerprint density at radius 1 is 1.00 bits per heavy atom. The van der Waals surface area contributed by atoms with Crippen LogP contribution < -0.4 is 0 Å². The molecule has 154 valence electrons. The summed E-state index contributed by atoms with van der Waals surface area (Å²) in [6.45, 7) is 0.677. The van der Waals surface area contributed by atoms with E-state index in [0.29, 0.717) is 29.1 Å². The lowest BCUT2D eigenvalue weighted by atomic mass is 10.1. The van der Waals surface area contributed by atoms with Gasteiger partial charge in [0, 0.05) is 24.5 Å². The number of benzene rings is 1. The standard InChI is InChI=1S/C21H17F4N5/c1-29(2)12-13-8-10-30-17(11-13)28-18(14-3-5-15(22)6-4-14)19(30)16-7-9-26-20(27-16)21(23,24)25/h3-11H,12H2,1-2H3. The molecule has 0 amide bonds. The summed E-state index contributed by atoms with van der Waals surface area (Å²) < 4.78 is 54.6. The number of alkyl halides is 3. The van der Waals surface area contributed by atoms with E-state index < -0.39 is 17.8 Å². The Balaban J connectivity index is 1.96. The van der Waals surface area contributed by atoms with Gasteiger partial charge in [-0.05, 0) is 62.1 Å². The molecule has 9 heteroatoms. The minimum Gasteiger partial charge on any atom is -0.305 e. The molecule has 3 heterocycles. The Hall–Kier alpha value is -3.33. The van der Waals surface area contributed by atoms with E-state index >= 15 is 0 Å². The van der Waals surface area contributed by atoms with Gasteiger partial charge in [0.15, 0.2) is 0 Å². The van der Waals surface area contributed by atoms with Gasteiger partial charge in [-0.15, -0.1) is 0 Å². The molecule has 0 fully saturated rings. The van der Waals surface area contributed by atoms with Crippen LogP contribution in [0, 0.1) is 5.82 Å². The Bertz CT molecular complexity index is 1200. The molecule has 5 nitrogen and oxygen atoms in total. The number of pyridine rings is 1. The van der Waals surface area contributed by atoms with Crippen molar-refractivity contribution in [2.24, 2.45) is 0 Å². The first kappa shape index (κ1) is 20.0. The Kier molecular flexibility index (Phi) is 4.98. The molecular weight excluding hydrogens is 398 g/mol. The number of imidazole rings is 1. The average molecular weight is 415 g/mol. The fourth-order valence-corrected chi connectivity index (χ4v) is 3.23. The Labute approximate surface area is 169 Å². The molecule has 4 rings (SSSR count). The van der Waals surface area contributed by atoms with Crippen LogP contribution in [0.4, 0.5) is 17.6 Å². The quantitative estimate of drug-likeness (QED) is 0.454. The molecule has 0 bridgehead atoms. The summed E-state index contributed by atoms with van der Waals surface area (Å²) in [5.74, 6) is -1.65. The maximum atomic E-state index is 13.4. The van der Waals surface area contributed by atoms with Crippen LogP contribution in [0.15, 0.2) is 54.9 Å². The zero-order valence-electron chi connectivity index (χ0n) is 16.2. The highest BCUT2D eigenvalue weighted by molar-refractivity contribution is 5.80. The number of halogens is 4. The monoisotopic (exact) mass is 415 g/mol. The van der Waals surface area contributed by atoms with Gasteiger partial charge in [0.2, 0.25) is 5.82 Å². The highest BCUT2D eigenvalue weighted by Crippen LogP contribution is 2.34. The van der Waals surface area contributed by atoms with Crippen LogP contribution in [0.25, 0.3) is 28.3 Å². The summed E-state index contributed by atoms with van der Waals surface area (Å²) in [6.07, 6.45) is -1.86. The maximum Gasteiger partial charge on any atom is 0.451 e. The fraction of sp³-hybridized carbons (Fsp3) is 0.190. The molecular formula is C21H17F4N5. The fourth-order valence-electron chi connectivity index (χ4n) is 3.23. The molecule has 0 aliphatic carbocycles. The summed E-state index contributed by atoms with van der Waals surface area (Å²) in [6, 6.07) is 10.8. The molecule has 0 aliphatic rings. The first-order valence-electron chi connectivity index (χ1n) is 9.04. The van der Waals surface area contributed by atoms with Crippen LogP contribution in [-0.4, -0.2) is 38.3 Å². The van der Waals surface area contributed by atoms with E-state index in [4.69, 9.17) is 0 Å². The third-order valence-electron chi connectivity index (χ3n) is 4.46. The van der Waals surface area contributed by atoms with Crippen LogP contribution in [0.2, 0.25) is 0 Å². The van der Waals surface area contributed by atoms with Gasteiger partial charge in [-0.1, -0.05) is 0 Å². The summed E-state index contributed by atoms with van der Waals surface area (Å²) in [4.78, 5) is 13.7. The van der Waals surface area contributed by atoms with E-state index in [0.717, 1.165) is 11.8 Å². The number of aromatic nitrogens is 4. The molecule has 0 unspecified atom stereocenters. The molecule has 0 N–H and O–H groups in total. The van der Waals surface area contributed by atoms with E-state index in [1.807, 2.05) is 31.1 Å². The first-order chi connectivity index (χ1) is 14.2. The Morgan fingerprint density at radius 2 is 1.73 bits per heavy atom. The molecule has 0 saturated heterocycles. The lowest BCUT2D eigenvalue weighted by Gasteiger charge is -2.10. The molecule has 0 atom stereocenters. The van der Waals surface area contributed by atoms with E-state index in [2.05, 4.69) is 15.0 Å². The summed E-state index contributed by atoms with van der Waals surface area (Å²) in [5.41, 5.74) is 2.97. The predicted molar refractivity (Wildman–Crippen MR) is 104 cm³/mol. The van der Waals surface area contributed by atoms with Crippen molar-refractivity contribution in [2.75, 3.05) is 14.1 Å². The van der Waals surface area contributed by atoms with Crippen LogP contribution in [0.1, 0.15) is 11.4 Å². The SMILES string of the molecule is CN(C)Cc1ccn2c(-c3ccnc(C(F)(F)F)n3)c(-c3ccc(F)cc3)nc2c1. The van der Waals surface area contributed by atoms with Gasteiger partial charge in [0.25, 0.3) is 0 Å². The lowest BCUT2D eigenvalue weighted by Crippen LogP contribution is -2.11. The number of rotatable bonds is 4.